The zero-order valence-corrected chi connectivity index (χ0v) is 5.33. The molecule has 1 heterocycles. The molecular formula is C6H11N2+. The van der Waals surface area contributed by atoms with Gasteiger partial charge in [-0.2, -0.15) is 0 Å². The third-order valence-electron chi connectivity index (χ3n) is 1.28. The molecule has 2 nitrogen and oxygen atoms in total. The van der Waals surface area contributed by atoms with Crippen molar-refractivity contribution in [2.24, 2.45) is 4.99 Å². The van der Waals surface area contributed by atoms with Crippen LogP contribution in [0, 0.1) is 0 Å². The van der Waals surface area contributed by atoms with Crippen molar-refractivity contribution in [3.63, 3.8) is 0 Å². The minimum Gasteiger partial charge on any atom is -0.255 e. The van der Waals surface area contributed by atoms with Gasteiger partial charge >= 0.3 is 0 Å². The van der Waals surface area contributed by atoms with Crippen molar-refractivity contribution in [3.8, 4) is 0 Å². The van der Waals surface area contributed by atoms with Gasteiger partial charge in [0, 0.05) is 0 Å². The van der Waals surface area contributed by atoms with Crippen molar-refractivity contribution in [3.05, 3.63) is 0 Å². The van der Waals surface area contributed by atoms with Gasteiger partial charge in [-0.3, -0.25) is 4.58 Å². The summed E-state index contributed by atoms with van der Waals surface area (Å²) in [6.45, 7) is 5.30. The van der Waals surface area contributed by atoms with Gasteiger partial charge in [-0.25, -0.2) is 0 Å². The van der Waals surface area contributed by atoms with E-state index in [2.05, 4.69) is 23.4 Å². The van der Waals surface area contributed by atoms with Gasteiger partial charge in [-0.1, -0.05) is 4.99 Å². The third kappa shape index (κ3) is 0.941. The Labute approximate surface area is 49.6 Å². The molecular weight excluding hydrogens is 100 g/mol. The molecule has 0 fully saturated rings. The average molecular weight is 111 g/mol. The van der Waals surface area contributed by atoms with E-state index in [1.54, 1.807) is 0 Å². The third-order valence-corrected chi connectivity index (χ3v) is 1.28. The van der Waals surface area contributed by atoms with Gasteiger partial charge in [-0.15, -0.1) is 0 Å². The van der Waals surface area contributed by atoms with Crippen molar-refractivity contribution in [1.82, 2.24) is 0 Å². The van der Waals surface area contributed by atoms with Crippen LogP contribution in [0.3, 0.4) is 0 Å². The van der Waals surface area contributed by atoms with Crippen molar-refractivity contribution < 1.29 is 4.58 Å². The second-order valence-corrected chi connectivity index (χ2v) is 2.24. The van der Waals surface area contributed by atoms with Crippen LogP contribution in [0.2, 0.25) is 0 Å². The summed E-state index contributed by atoms with van der Waals surface area (Å²) >= 11 is 0. The Morgan fingerprint density at radius 3 is 2.62 bits per heavy atom. The van der Waals surface area contributed by atoms with Gasteiger partial charge in [0.05, 0.1) is 6.04 Å². The summed E-state index contributed by atoms with van der Waals surface area (Å²) in [4.78, 5) is 3.96. The first-order valence-corrected chi connectivity index (χ1v) is 2.91. The van der Waals surface area contributed by atoms with Crippen LogP contribution >= 0.6 is 0 Å². The molecule has 0 radical (unpaired) electrons. The monoisotopic (exact) mass is 111 g/mol. The molecule has 0 aromatic heterocycles. The van der Waals surface area contributed by atoms with Crippen LogP contribution in [-0.4, -0.2) is 29.7 Å². The highest BCUT2D eigenvalue weighted by atomic mass is 15.1. The molecule has 1 rings (SSSR count). The van der Waals surface area contributed by atoms with Gasteiger partial charge in [0.15, 0.2) is 6.21 Å². The number of aliphatic imine (C=N–C) groups is 1. The molecule has 1 aliphatic heterocycles. The quantitative estimate of drug-likeness (QED) is 0.438. The van der Waals surface area contributed by atoms with Crippen LogP contribution < -0.4 is 0 Å². The maximum Gasteiger partial charge on any atom is 0.281 e. The van der Waals surface area contributed by atoms with E-state index in [1.165, 1.54) is 0 Å². The predicted molar refractivity (Wildman–Crippen MR) is 34.8 cm³/mol. The highest BCUT2D eigenvalue weighted by Gasteiger charge is 2.07. The molecule has 1 aliphatic rings. The molecule has 0 aliphatic carbocycles. The van der Waals surface area contributed by atoms with E-state index in [0.717, 1.165) is 6.54 Å². The number of hydrogen-bond acceptors (Lipinski definition) is 1. The lowest BCUT2D eigenvalue weighted by atomic mass is 10.4. The van der Waals surface area contributed by atoms with E-state index >= 15 is 0 Å². The zero-order chi connectivity index (χ0) is 5.98. The molecule has 2 heteroatoms. The van der Waals surface area contributed by atoms with E-state index in [4.69, 9.17) is 0 Å². The molecule has 8 heavy (non-hydrogen) atoms. The molecule has 0 aromatic rings. The fraction of sp³-hybridized carbons (Fsp3) is 0.667. The van der Waals surface area contributed by atoms with E-state index in [-0.39, 0.29) is 0 Å². The van der Waals surface area contributed by atoms with Crippen LogP contribution in [0.15, 0.2) is 4.99 Å². The SMILES string of the molecule is CC(C)[N+]1=CN=CC1. The van der Waals surface area contributed by atoms with E-state index in [9.17, 15) is 0 Å². The van der Waals surface area contributed by atoms with Crippen molar-refractivity contribution in [2.75, 3.05) is 6.54 Å². The second-order valence-electron chi connectivity index (χ2n) is 2.24. The van der Waals surface area contributed by atoms with Crippen LogP contribution in [0.4, 0.5) is 0 Å². The smallest absolute Gasteiger partial charge is 0.255 e. The van der Waals surface area contributed by atoms with Gasteiger partial charge in [0.25, 0.3) is 6.34 Å². The summed E-state index contributed by atoms with van der Waals surface area (Å²) in [5.41, 5.74) is 0. The summed E-state index contributed by atoms with van der Waals surface area (Å²) in [6, 6.07) is 0.595. The minimum atomic E-state index is 0.595. The number of rotatable bonds is 1. The van der Waals surface area contributed by atoms with Crippen LogP contribution in [0.25, 0.3) is 0 Å². The summed E-state index contributed by atoms with van der Waals surface area (Å²) in [5.74, 6) is 0. The summed E-state index contributed by atoms with van der Waals surface area (Å²) in [7, 11) is 0. The van der Waals surface area contributed by atoms with Crippen LogP contribution in [-0.2, 0) is 0 Å². The van der Waals surface area contributed by atoms with E-state index in [1.807, 2.05) is 12.6 Å². The fourth-order valence-corrected chi connectivity index (χ4v) is 0.665. The molecule has 0 amide bonds. The standard InChI is InChI=1S/C6H11N2/c1-6(2)8-4-3-7-5-8/h3,5-6H,4H2,1-2H3/q+1. The Morgan fingerprint density at radius 1 is 1.62 bits per heavy atom. The van der Waals surface area contributed by atoms with E-state index < -0.39 is 0 Å². The first-order valence-electron chi connectivity index (χ1n) is 2.91. The Bertz CT molecular complexity index is 133. The summed E-state index contributed by atoms with van der Waals surface area (Å²) in [6.07, 6.45) is 3.80. The zero-order valence-electron chi connectivity index (χ0n) is 5.33. The normalized spacial score (nSPS) is 17.6. The largest absolute Gasteiger partial charge is 0.281 e. The Morgan fingerprint density at radius 2 is 2.38 bits per heavy atom. The molecule has 0 saturated heterocycles. The average Bonchev–Trinajstić information content (AvgIpc) is 2.12. The lowest BCUT2D eigenvalue weighted by Crippen LogP contribution is -2.19. The van der Waals surface area contributed by atoms with Crippen LogP contribution in [0.1, 0.15) is 13.8 Å². The molecule has 0 spiro atoms. The number of hydrogen-bond donors (Lipinski definition) is 0. The van der Waals surface area contributed by atoms with E-state index in [0.29, 0.717) is 6.04 Å². The molecule has 0 unspecified atom stereocenters. The molecule has 0 aromatic carbocycles. The topological polar surface area (TPSA) is 15.4 Å². The van der Waals surface area contributed by atoms with Gasteiger partial charge in [0.1, 0.15) is 6.54 Å². The fourth-order valence-electron chi connectivity index (χ4n) is 0.665. The summed E-state index contributed by atoms with van der Waals surface area (Å²) < 4.78 is 2.18. The van der Waals surface area contributed by atoms with Gasteiger partial charge < -0.3 is 0 Å². The highest BCUT2D eigenvalue weighted by molar-refractivity contribution is 5.74. The lowest BCUT2D eigenvalue weighted by molar-refractivity contribution is -0.537. The maximum atomic E-state index is 3.96. The summed E-state index contributed by atoms with van der Waals surface area (Å²) in [5, 5.41) is 0. The predicted octanol–water partition coefficient (Wildman–Crippen LogP) is 0.520. The number of nitrogens with zero attached hydrogens (tertiary/aromatic N) is 2. The lowest BCUT2D eigenvalue weighted by Gasteiger charge is -2.00. The second kappa shape index (κ2) is 2.07. The van der Waals surface area contributed by atoms with Crippen molar-refractivity contribution in [2.45, 2.75) is 19.9 Å². The highest BCUT2D eigenvalue weighted by Crippen LogP contribution is 1.88. The van der Waals surface area contributed by atoms with Crippen LogP contribution in [0.5, 0.6) is 0 Å². The van der Waals surface area contributed by atoms with Crippen molar-refractivity contribution in [1.29, 1.82) is 0 Å². The minimum absolute atomic E-state index is 0.595. The molecule has 0 N–H and O–H groups in total. The van der Waals surface area contributed by atoms with Gasteiger partial charge in [0.2, 0.25) is 0 Å². The Hall–Kier alpha value is -0.660. The maximum absolute atomic E-state index is 3.96. The van der Waals surface area contributed by atoms with Gasteiger partial charge in [-0.05, 0) is 13.8 Å². The first-order chi connectivity index (χ1) is 3.80. The van der Waals surface area contributed by atoms with Crippen molar-refractivity contribution >= 4 is 12.6 Å². The Kier molecular flexibility index (Phi) is 1.42. The first kappa shape index (κ1) is 5.48. The molecule has 44 valence electrons. The molecule has 0 saturated carbocycles. The molecule has 0 atom stereocenters. The Balaban J connectivity index is 2.51. The molecule has 0 bridgehead atoms.